The van der Waals surface area contributed by atoms with E-state index in [0.29, 0.717) is 28.1 Å². The van der Waals surface area contributed by atoms with Crippen molar-refractivity contribution in [2.45, 2.75) is 10.9 Å². The van der Waals surface area contributed by atoms with Gasteiger partial charge < -0.3 is 11.5 Å². The van der Waals surface area contributed by atoms with Crippen molar-refractivity contribution in [3.8, 4) is 0 Å². The highest BCUT2D eigenvalue weighted by atomic mass is 35.5. The molecule has 0 saturated carbocycles. The average Bonchev–Trinajstić information content (AvgIpc) is 2.30. The Kier molecular flexibility index (Phi) is 3.88. The quantitative estimate of drug-likeness (QED) is 0.669. The van der Waals surface area contributed by atoms with Crippen molar-refractivity contribution in [2.24, 2.45) is 0 Å². The summed E-state index contributed by atoms with van der Waals surface area (Å²) >= 11 is 7.13. The largest absolute Gasteiger partial charge is 0.383 e. The molecular weight excluding hydrogens is 275 g/mol. The number of nitrogens with two attached hydrogens (primary N) is 2. The average molecular weight is 285 g/mol. The van der Waals surface area contributed by atoms with E-state index >= 15 is 0 Å². The van der Waals surface area contributed by atoms with Gasteiger partial charge in [-0.2, -0.15) is 0 Å². The number of anilines is 2. The molecule has 0 aliphatic heterocycles. The third-order valence-electron chi connectivity index (χ3n) is 2.13. The van der Waals surface area contributed by atoms with Crippen LogP contribution in [0, 0.1) is 5.82 Å². The van der Waals surface area contributed by atoms with Gasteiger partial charge >= 0.3 is 0 Å². The molecule has 0 atom stereocenters. The molecule has 4 N–H and O–H groups in total. The van der Waals surface area contributed by atoms with Crippen LogP contribution in [-0.2, 0) is 5.75 Å². The van der Waals surface area contributed by atoms with Crippen LogP contribution in [0.2, 0.25) is 5.02 Å². The normalized spacial score (nSPS) is 10.6. The van der Waals surface area contributed by atoms with Crippen molar-refractivity contribution >= 4 is 35.0 Å². The lowest BCUT2D eigenvalue weighted by Crippen LogP contribution is -1.99. The van der Waals surface area contributed by atoms with Gasteiger partial charge in [-0.15, -0.1) is 0 Å². The molecule has 1 aromatic heterocycles. The number of hydrogen-bond acceptors (Lipinski definition) is 5. The Hall–Kier alpha value is -1.53. The smallest absolute Gasteiger partial charge is 0.191 e. The molecule has 94 valence electrons. The fourth-order valence-electron chi connectivity index (χ4n) is 1.33. The van der Waals surface area contributed by atoms with Crippen molar-refractivity contribution in [1.82, 2.24) is 9.97 Å². The lowest BCUT2D eigenvalue weighted by atomic mass is 10.2. The van der Waals surface area contributed by atoms with Crippen LogP contribution in [0.5, 0.6) is 0 Å². The van der Waals surface area contributed by atoms with Crippen LogP contribution in [0.15, 0.2) is 29.4 Å². The highest BCUT2D eigenvalue weighted by molar-refractivity contribution is 7.98. The molecule has 4 nitrogen and oxygen atoms in total. The van der Waals surface area contributed by atoms with E-state index in [-0.39, 0.29) is 5.02 Å². The monoisotopic (exact) mass is 284 g/mol. The number of benzene rings is 1. The van der Waals surface area contributed by atoms with Crippen LogP contribution in [-0.4, -0.2) is 9.97 Å². The van der Waals surface area contributed by atoms with Crippen LogP contribution in [0.1, 0.15) is 5.56 Å². The molecule has 1 heterocycles. The molecule has 0 unspecified atom stereocenters. The molecule has 0 spiro atoms. The summed E-state index contributed by atoms with van der Waals surface area (Å²) in [4.78, 5) is 8.03. The Labute approximate surface area is 113 Å². The van der Waals surface area contributed by atoms with E-state index in [0.717, 1.165) is 0 Å². The van der Waals surface area contributed by atoms with E-state index < -0.39 is 5.82 Å². The third-order valence-corrected chi connectivity index (χ3v) is 3.45. The second-order valence-electron chi connectivity index (χ2n) is 3.50. The number of nitrogen functional groups attached to an aromatic ring is 2. The lowest BCUT2D eigenvalue weighted by molar-refractivity contribution is 0.627. The first-order chi connectivity index (χ1) is 8.56. The Bertz CT molecular complexity index is 559. The van der Waals surface area contributed by atoms with Crippen LogP contribution in [0.3, 0.4) is 0 Å². The number of nitrogens with zero attached hydrogens (tertiary/aromatic N) is 2. The topological polar surface area (TPSA) is 77.8 Å². The minimum atomic E-state index is -0.442. The van der Waals surface area contributed by atoms with Crippen molar-refractivity contribution in [3.05, 3.63) is 40.7 Å². The first-order valence-corrected chi connectivity index (χ1v) is 6.38. The number of hydrogen-bond donors (Lipinski definition) is 2. The van der Waals surface area contributed by atoms with Crippen molar-refractivity contribution in [2.75, 3.05) is 11.5 Å². The molecule has 0 fully saturated rings. The molecule has 1 aromatic carbocycles. The van der Waals surface area contributed by atoms with Crippen molar-refractivity contribution in [3.63, 3.8) is 0 Å². The summed E-state index contributed by atoms with van der Waals surface area (Å²) in [7, 11) is 0. The fraction of sp³-hybridized carbons (Fsp3) is 0.0909. The van der Waals surface area contributed by atoms with Gasteiger partial charge in [-0.25, -0.2) is 14.4 Å². The summed E-state index contributed by atoms with van der Waals surface area (Å²) in [5.41, 5.74) is 11.8. The van der Waals surface area contributed by atoms with Crippen LogP contribution in [0.4, 0.5) is 16.0 Å². The Morgan fingerprint density at radius 2 is 1.89 bits per heavy atom. The molecule has 0 radical (unpaired) electrons. The molecular formula is C11H10ClFN4S. The maximum absolute atomic E-state index is 13.2. The van der Waals surface area contributed by atoms with Gasteiger partial charge in [0.15, 0.2) is 5.16 Å². The van der Waals surface area contributed by atoms with E-state index in [1.165, 1.54) is 23.9 Å². The summed E-state index contributed by atoms with van der Waals surface area (Å²) in [5, 5.41) is 0.551. The zero-order chi connectivity index (χ0) is 13.1. The molecule has 0 aliphatic carbocycles. The van der Waals surface area contributed by atoms with Gasteiger partial charge in [-0.1, -0.05) is 35.5 Å². The fourth-order valence-corrected chi connectivity index (χ4v) is 2.47. The summed E-state index contributed by atoms with van der Waals surface area (Å²) in [5.74, 6) is 0.605. The van der Waals surface area contributed by atoms with Crippen LogP contribution in [0.25, 0.3) is 0 Å². The van der Waals surface area contributed by atoms with Gasteiger partial charge in [0.05, 0.1) is 5.02 Å². The van der Waals surface area contributed by atoms with E-state index in [1.54, 1.807) is 12.1 Å². The minimum absolute atomic E-state index is 0.113. The first-order valence-electron chi connectivity index (χ1n) is 5.02. The molecule has 2 rings (SSSR count). The number of halogens is 2. The molecule has 0 amide bonds. The zero-order valence-corrected chi connectivity index (χ0v) is 10.8. The second-order valence-corrected chi connectivity index (χ2v) is 4.82. The Morgan fingerprint density at radius 3 is 2.56 bits per heavy atom. The molecule has 0 bridgehead atoms. The van der Waals surface area contributed by atoms with Crippen LogP contribution >= 0.6 is 23.4 Å². The van der Waals surface area contributed by atoms with E-state index in [4.69, 9.17) is 23.1 Å². The summed E-state index contributed by atoms with van der Waals surface area (Å²) < 4.78 is 13.2. The zero-order valence-electron chi connectivity index (χ0n) is 9.23. The van der Waals surface area contributed by atoms with Crippen LogP contribution < -0.4 is 11.5 Å². The first kappa shape index (κ1) is 12.9. The summed E-state index contributed by atoms with van der Waals surface area (Å²) in [6, 6.07) is 6.13. The van der Waals surface area contributed by atoms with Gasteiger partial charge in [0.1, 0.15) is 17.5 Å². The number of thioether (sulfide) groups is 1. The number of aromatic nitrogens is 2. The van der Waals surface area contributed by atoms with Crippen molar-refractivity contribution < 1.29 is 4.39 Å². The SMILES string of the molecule is Nc1cc(N)nc(SCc2cccc(F)c2Cl)n1. The standard InChI is InChI=1S/C11H10ClFN4S/c12-10-6(2-1-3-7(10)13)5-18-11-16-8(14)4-9(15)17-11/h1-4H,5H2,(H4,14,15,16,17). The predicted molar refractivity (Wildman–Crippen MR) is 71.8 cm³/mol. The summed E-state index contributed by atoms with van der Waals surface area (Å²) in [6.07, 6.45) is 0. The lowest BCUT2D eigenvalue weighted by Gasteiger charge is -2.05. The maximum Gasteiger partial charge on any atom is 0.191 e. The molecule has 7 heteroatoms. The highest BCUT2D eigenvalue weighted by Gasteiger charge is 2.08. The van der Waals surface area contributed by atoms with Gasteiger partial charge in [-0.3, -0.25) is 0 Å². The minimum Gasteiger partial charge on any atom is -0.383 e. The second kappa shape index (κ2) is 5.41. The van der Waals surface area contributed by atoms with Gasteiger partial charge in [0.25, 0.3) is 0 Å². The highest BCUT2D eigenvalue weighted by Crippen LogP contribution is 2.27. The Morgan fingerprint density at radius 1 is 1.22 bits per heavy atom. The predicted octanol–water partition coefficient (Wildman–Crippen LogP) is 2.73. The van der Waals surface area contributed by atoms with E-state index in [1.807, 2.05) is 0 Å². The van der Waals surface area contributed by atoms with Gasteiger partial charge in [0.2, 0.25) is 0 Å². The molecule has 0 saturated heterocycles. The molecule has 2 aromatic rings. The molecule has 18 heavy (non-hydrogen) atoms. The van der Waals surface area contributed by atoms with Gasteiger partial charge in [-0.05, 0) is 11.6 Å². The van der Waals surface area contributed by atoms with E-state index in [9.17, 15) is 4.39 Å². The van der Waals surface area contributed by atoms with E-state index in [2.05, 4.69) is 9.97 Å². The Balaban J connectivity index is 2.14. The van der Waals surface area contributed by atoms with Crippen molar-refractivity contribution in [1.29, 1.82) is 0 Å². The summed E-state index contributed by atoms with van der Waals surface area (Å²) in [6.45, 7) is 0. The van der Waals surface area contributed by atoms with Gasteiger partial charge in [0, 0.05) is 11.8 Å². The third kappa shape index (κ3) is 3.02. The maximum atomic E-state index is 13.2. The molecule has 0 aliphatic rings. The number of rotatable bonds is 3.